The van der Waals surface area contributed by atoms with Gasteiger partial charge in [0.25, 0.3) is 5.84 Å². The van der Waals surface area contributed by atoms with E-state index in [0.717, 1.165) is 0 Å². The fourth-order valence-electron chi connectivity index (χ4n) is 0.401. The van der Waals surface area contributed by atoms with Crippen molar-refractivity contribution >= 4 is 5.84 Å². The monoisotopic (exact) mass is 253 g/mol. The Balaban J connectivity index is 0. The zero-order valence-corrected chi connectivity index (χ0v) is 10.4. The third kappa shape index (κ3) is 23.1. The fourth-order valence-corrected chi connectivity index (χ4v) is 0.401. The Morgan fingerprint density at radius 2 is 1.62 bits per heavy atom. The van der Waals surface area contributed by atoms with Crippen LogP contribution in [0.15, 0.2) is 18.0 Å². The second-order valence-electron chi connectivity index (χ2n) is 3.10. The first-order valence-corrected chi connectivity index (χ1v) is 5.28. The molecule has 0 heterocycles. The van der Waals surface area contributed by atoms with Crippen LogP contribution in [0.2, 0.25) is 0 Å². The SMILES string of the molecule is CN(C)C=C=CC(N)=[N+](C)C.[O-][Cl+3]([O-])([O-])[O-]. The lowest BCUT2D eigenvalue weighted by molar-refractivity contribution is -2.00. The number of hydrogen-bond donors (Lipinski definition) is 1. The van der Waals surface area contributed by atoms with Crippen molar-refractivity contribution in [1.29, 1.82) is 0 Å². The number of nitrogens with two attached hydrogens (primary N) is 1. The average Bonchev–Trinajstić information content (AvgIpc) is 1.99. The Bertz CT molecular complexity index is 280. The molecule has 0 radical (unpaired) electrons. The van der Waals surface area contributed by atoms with Crippen molar-refractivity contribution in [1.82, 2.24) is 4.90 Å². The third-order valence-electron chi connectivity index (χ3n) is 1.08. The van der Waals surface area contributed by atoms with E-state index < -0.39 is 10.2 Å². The van der Waals surface area contributed by atoms with Crippen LogP contribution in [0.4, 0.5) is 0 Å². The Morgan fingerprint density at radius 1 is 1.25 bits per heavy atom. The first-order chi connectivity index (χ1) is 7.04. The van der Waals surface area contributed by atoms with Gasteiger partial charge in [-0.2, -0.15) is 0 Å². The highest BCUT2D eigenvalue weighted by Crippen LogP contribution is 1.73. The van der Waals surface area contributed by atoms with Gasteiger partial charge >= 0.3 is 0 Å². The maximum absolute atomic E-state index is 8.49. The molecule has 2 N–H and O–H groups in total. The van der Waals surface area contributed by atoms with Gasteiger partial charge in [-0.15, -0.1) is 10.2 Å². The Hall–Kier alpha value is -1.08. The maximum atomic E-state index is 8.49. The zero-order valence-electron chi connectivity index (χ0n) is 9.64. The van der Waals surface area contributed by atoms with Crippen molar-refractivity contribution < 1.29 is 33.5 Å². The Kier molecular flexibility index (Phi) is 8.79. The molecule has 0 unspecified atom stereocenters. The van der Waals surface area contributed by atoms with Crippen molar-refractivity contribution in [2.45, 2.75) is 0 Å². The molecule has 7 nitrogen and oxygen atoms in total. The summed E-state index contributed by atoms with van der Waals surface area (Å²) in [6.45, 7) is 0. The molecule has 0 saturated heterocycles. The Labute approximate surface area is 96.8 Å². The summed E-state index contributed by atoms with van der Waals surface area (Å²) in [6.07, 6.45) is 3.55. The predicted octanol–water partition coefficient (Wildman–Crippen LogP) is -4.91. The molecular weight excluding hydrogens is 238 g/mol. The molecule has 0 amide bonds. The quantitative estimate of drug-likeness (QED) is 0.228. The topological polar surface area (TPSA) is 125 Å². The fraction of sp³-hybridized carbons (Fsp3) is 0.500. The van der Waals surface area contributed by atoms with Gasteiger partial charge in [-0.05, 0) is 0 Å². The summed E-state index contributed by atoms with van der Waals surface area (Å²) in [5, 5.41) is 0. The van der Waals surface area contributed by atoms with Crippen LogP contribution < -0.4 is 24.4 Å². The number of nitrogens with zero attached hydrogens (tertiary/aromatic N) is 2. The molecular formula is C8H16ClN3O4. The van der Waals surface area contributed by atoms with E-state index in [2.05, 4.69) is 5.73 Å². The van der Waals surface area contributed by atoms with Gasteiger partial charge in [0.15, 0.2) is 0 Å². The molecule has 0 aromatic carbocycles. The number of rotatable bonds is 2. The van der Waals surface area contributed by atoms with Crippen molar-refractivity contribution in [2.75, 3.05) is 28.2 Å². The van der Waals surface area contributed by atoms with Crippen molar-refractivity contribution in [3.05, 3.63) is 18.0 Å². The van der Waals surface area contributed by atoms with Gasteiger partial charge in [-0.1, -0.05) is 5.73 Å². The molecule has 8 heteroatoms. The van der Waals surface area contributed by atoms with Gasteiger partial charge < -0.3 is 4.90 Å². The van der Waals surface area contributed by atoms with Crippen LogP contribution in [-0.4, -0.2) is 43.5 Å². The summed E-state index contributed by atoms with van der Waals surface area (Å²) in [4.78, 5) is 1.90. The largest absolute Gasteiger partial charge is 0.377 e. The average molecular weight is 254 g/mol. The minimum absolute atomic E-state index is 0.697. The van der Waals surface area contributed by atoms with Crippen LogP contribution in [0.1, 0.15) is 0 Å². The van der Waals surface area contributed by atoms with E-state index in [4.69, 9.17) is 24.4 Å². The molecule has 0 aromatic rings. The van der Waals surface area contributed by atoms with Gasteiger partial charge in [0.1, 0.15) is 0 Å². The molecule has 0 spiro atoms. The second kappa shape index (κ2) is 8.12. The summed E-state index contributed by atoms with van der Waals surface area (Å²) in [5.74, 6) is 0.697. The predicted molar refractivity (Wildman–Crippen MR) is 47.6 cm³/mol. The maximum Gasteiger partial charge on any atom is 0.275 e. The van der Waals surface area contributed by atoms with Crippen LogP contribution in [0, 0.1) is 10.2 Å². The number of hydrogen-bond acceptors (Lipinski definition) is 5. The molecule has 0 bridgehead atoms. The zero-order chi connectivity index (χ0) is 13.4. The Morgan fingerprint density at radius 3 is 1.88 bits per heavy atom. The summed E-state index contributed by atoms with van der Waals surface area (Å²) in [7, 11) is 2.71. The lowest BCUT2D eigenvalue weighted by Gasteiger charge is -2.17. The minimum atomic E-state index is -4.94. The third-order valence-corrected chi connectivity index (χ3v) is 1.08. The first-order valence-electron chi connectivity index (χ1n) is 4.04. The van der Waals surface area contributed by atoms with Crippen molar-refractivity contribution in [2.24, 2.45) is 5.73 Å². The normalized spacial score (nSPS) is 9.25. The molecule has 0 aromatic heterocycles. The molecule has 0 rings (SSSR count). The van der Waals surface area contributed by atoms with Crippen LogP contribution in [0.3, 0.4) is 0 Å². The molecule has 0 atom stereocenters. The molecule has 0 fully saturated rings. The van der Waals surface area contributed by atoms with Crippen molar-refractivity contribution in [3.8, 4) is 0 Å². The lowest BCUT2D eigenvalue weighted by Crippen LogP contribution is -2.68. The number of halogens is 1. The van der Waals surface area contributed by atoms with Gasteiger partial charge in [0, 0.05) is 20.3 Å². The van der Waals surface area contributed by atoms with Gasteiger partial charge in [-0.3, -0.25) is 10.3 Å². The second-order valence-corrected chi connectivity index (χ2v) is 3.86. The highest BCUT2D eigenvalue weighted by atomic mass is 35.7. The van der Waals surface area contributed by atoms with E-state index in [1.807, 2.05) is 43.9 Å². The van der Waals surface area contributed by atoms with E-state index >= 15 is 0 Å². The van der Waals surface area contributed by atoms with E-state index in [0.29, 0.717) is 5.84 Å². The van der Waals surface area contributed by atoms with Crippen molar-refractivity contribution in [3.63, 3.8) is 0 Å². The van der Waals surface area contributed by atoms with Gasteiger partial charge in [0.05, 0.1) is 20.2 Å². The summed E-state index contributed by atoms with van der Waals surface area (Å²) >= 11 is 0. The molecule has 0 aliphatic carbocycles. The molecule has 94 valence electrons. The highest BCUT2D eigenvalue weighted by Gasteiger charge is 1.89. The van der Waals surface area contributed by atoms with Gasteiger partial charge in [0.2, 0.25) is 0 Å². The molecule has 16 heavy (non-hydrogen) atoms. The van der Waals surface area contributed by atoms with Crippen LogP contribution in [-0.2, 0) is 0 Å². The van der Waals surface area contributed by atoms with Gasteiger partial charge in [-0.25, -0.2) is 18.6 Å². The summed E-state index contributed by atoms with van der Waals surface area (Å²) < 4.78 is 35.8. The van der Waals surface area contributed by atoms with E-state index in [1.54, 1.807) is 6.08 Å². The highest BCUT2D eigenvalue weighted by molar-refractivity contribution is 5.86. The smallest absolute Gasteiger partial charge is 0.275 e. The standard InChI is InChI=1S/C8H15N3.ClHO4/c1-10(2)7-5-6-8(9)11(3)4;2-1(3,4)5/h6-7,9H,1-4H3;(H,2,3,4,5). The summed E-state index contributed by atoms with van der Waals surface area (Å²) in [5.41, 5.74) is 8.53. The van der Waals surface area contributed by atoms with Crippen LogP contribution in [0.25, 0.3) is 0 Å². The number of amidine groups is 1. The van der Waals surface area contributed by atoms with E-state index in [9.17, 15) is 0 Å². The first kappa shape index (κ1) is 17.3. The van der Waals surface area contributed by atoms with Crippen LogP contribution in [0.5, 0.6) is 0 Å². The van der Waals surface area contributed by atoms with E-state index in [1.165, 1.54) is 0 Å². The van der Waals surface area contributed by atoms with E-state index in [-0.39, 0.29) is 0 Å². The molecule has 0 saturated carbocycles. The summed E-state index contributed by atoms with van der Waals surface area (Å²) in [6, 6.07) is 0. The lowest BCUT2D eigenvalue weighted by atomic mass is 10.5. The molecule has 0 aliphatic rings. The van der Waals surface area contributed by atoms with Crippen LogP contribution >= 0.6 is 0 Å². The molecule has 0 aliphatic heterocycles. The minimum Gasteiger partial charge on any atom is -0.377 e.